The van der Waals surface area contributed by atoms with Crippen LogP contribution >= 0.6 is 15.9 Å². The summed E-state index contributed by atoms with van der Waals surface area (Å²) >= 11 is 3.39. The van der Waals surface area contributed by atoms with Crippen molar-refractivity contribution in [2.24, 2.45) is 0 Å². The molecular formula is C19H15BrN2O3. The third kappa shape index (κ3) is 4.36. The smallest absolute Gasteiger partial charge is 0.261 e. The Balaban J connectivity index is 1.80. The number of methoxy groups -OCH3 is 1. The molecular weight excluding hydrogens is 384 g/mol. The minimum Gasteiger partial charge on any atom is -0.497 e. The lowest BCUT2D eigenvalue weighted by Gasteiger charge is -2.11. The molecule has 25 heavy (non-hydrogen) atoms. The van der Waals surface area contributed by atoms with E-state index in [1.165, 1.54) is 0 Å². The summed E-state index contributed by atoms with van der Waals surface area (Å²) in [5, 5.41) is 2.82. The Kier molecular flexibility index (Phi) is 5.30. The van der Waals surface area contributed by atoms with Gasteiger partial charge in [-0.05, 0) is 54.6 Å². The molecule has 3 rings (SSSR count). The van der Waals surface area contributed by atoms with Crippen molar-refractivity contribution in [1.29, 1.82) is 0 Å². The van der Waals surface area contributed by atoms with Crippen molar-refractivity contribution in [1.82, 2.24) is 4.98 Å². The van der Waals surface area contributed by atoms with E-state index in [-0.39, 0.29) is 11.8 Å². The van der Waals surface area contributed by atoms with Gasteiger partial charge in [0, 0.05) is 16.4 Å². The van der Waals surface area contributed by atoms with Gasteiger partial charge in [0.25, 0.3) is 5.91 Å². The van der Waals surface area contributed by atoms with Gasteiger partial charge in [0.15, 0.2) is 0 Å². The van der Waals surface area contributed by atoms with E-state index >= 15 is 0 Å². The van der Waals surface area contributed by atoms with Crippen molar-refractivity contribution in [3.8, 4) is 17.4 Å². The minimum atomic E-state index is -0.303. The number of rotatable bonds is 5. The molecule has 0 aliphatic carbocycles. The summed E-state index contributed by atoms with van der Waals surface area (Å²) in [5.41, 5.74) is 1.00. The average molecular weight is 399 g/mol. The molecule has 1 amide bonds. The van der Waals surface area contributed by atoms with Crippen molar-refractivity contribution in [2.45, 2.75) is 0 Å². The molecule has 0 aliphatic rings. The van der Waals surface area contributed by atoms with Crippen LogP contribution in [0.3, 0.4) is 0 Å². The first-order valence-corrected chi connectivity index (χ1v) is 8.29. The van der Waals surface area contributed by atoms with Gasteiger partial charge in [-0.25, -0.2) is 4.98 Å². The first-order valence-electron chi connectivity index (χ1n) is 7.49. The Hall–Kier alpha value is -2.86. The number of hydrogen-bond donors (Lipinski definition) is 1. The number of nitrogens with one attached hydrogen (secondary N) is 1. The fourth-order valence-corrected chi connectivity index (χ4v) is 2.54. The fraction of sp³-hybridized carbons (Fsp3) is 0.0526. The number of benzene rings is 2. The maximum absolute atomic E-state index is 12.6. The Morgan fingerprint density at radius 3 is 2.56 bits per heavy atom. The maximum Gasteiger partial charge on any atom is 0.261 e. The van der Waals surface area contributed by atoms with E-state index in [1.54, 1.807) is 61.8 Å². The van der Waals surface area contributed by atoms with Crippen LogP contribution in [0.25, 0.3) is 0 Å². The topological polar surface area (TPSA) is 60.5 Å². The van der Waals surface area contributed by atoms with Crippen molar-refractivity contribution in [3.63, 3.8) is 0 Å². The molecule has 0 spiro atoms. The molecule has 0 saturated carbocycles. The third-order valence-corrected chi connectivity index (χ3v) is 3.87. The summed E-state index contributed by atoms with van der Waals surface area (Å²) in [6.45, 7) is 0. The number of halogens is 1. The number of nitrogens with zero attached hydrogens (tertiary/aromatic N) is 1. The highest BCUT2D eigenvalue weighted by Crippen LogP contribution is 2.26. The number of carbonyl (C=O) groups is 1. The Labute approximate surface area is 153 Å². The van der Waals surface area contributed by atoms with E-state index in [2.05, 4.69) is 26.2 Å². The zero-order valence-electron chi connectivity index (χ0n) is 13.4. The first kappa shape index (κ1) is 17.0. The molecule has 0 bridgehead atoms. The highest BCUT2D eigenvalue weighted by molar-refractivity contribution is 9.10. The van der Waals surface area contributed by atoms with Gasteiger partial charge in [-0.1, -0.05) is 22.0 Å². The van der Waals surface area contributed by atoms with Crippen molar-refractivity contribution in [3.05, 3.63) is 76.9 Å². The second-order valence-corrected chi connectivity index (χ2v) is 6.01. The predicted octanol–water partition coefficient (Wildman–Crippen LogP) is 4.90. The second-order valence-electron chi connectivity index (χ2n) is 5.10. The molecule has 126 valence electrons. The van der Waals surface area contributed by atoms with Crippen LogP contribution in [0.1, 0.15) is 10.4 Å². The molecule has 0 unspecified atom stereocenters. The lowest BCUT2D eigenvalue weighted by molar-refractivity contribution is 0.102. The highest BCUT2D eigenvalue weighted by atomic mass is 79.9. The van der Waals surface area contributed by atoms with Crippen LogP contribution in [0.4, 0.5) is 5.69 Å². The average Bonchev–Trinajstić information content (AvgIpc) is 2.63. The number of aromatic nitrogens is 1. The third-order valence-electron chi connectivity index (χ3n) is 3.37. The minimum absolute atomic E-state index is 0.242. The Morgan fingerprint density at radius 2 is 1.84 bits per heavy atom. The van der Waals surface area contributed by atoms with Gasteiger partial charge in [-0.15, -0.1) is 0 Å². The molecule has 0 fully saturated rings. The lowest BCUT2D eigenvalue weighted by atomic mass is 10.2. The van der Waals surface area contributed by atoms with E-state index < -0.39 is 0 Å². The number of pyridine rings is 1. The number of amides is 1. The van der Waals surface area contributed by atoms with Gasteiger partial charge >= 0.3 is 0 Å². The predicted molar refractivity (Wildman–Crippen MR) is 99.4 cm³/mol. The molecule has 1 N–H and O–H groups in total. The molecule has 5 nitrogen and oxygen atoms in total. The summed E-state index contributed by atoms with van der Waals surface area (Å²) in [7, 11) is 1.59. The van der Waals surface area contributed by atoms with Crippen molar-refractivity contribution in [2.75, 3.05) is 12.4 Å². The van der Waals surface area contributed by atoms with Gasteiger partial charge in [0.2, 0.25) is 5.88 Å². The van der Waals surface area contributed by atoms with Crippen LogP contribution in [-0.4, -0.2) is 18.0 Å². The first-order chi connectivity index (χ1) is 12.2. The van der Waals surface area contributed by atoms with E-state index in [4.69, 9.17) is 9.47 Å². The van der Waals surface area contributed by atoms with Gasteiger partial charge in [0.1, 0.15) is 17.1 Å². The standard InChI is InChI=1S/C19H15BrN2O3/c1-24-15-9-7-14(8-10-15)22-18(23)17-6-3-11-21-19(17)25-16-5-2-4-13(20)12-16/h2-12H,1H3,(H,22,23). The van der Waals surface area contributed by atoms with Gasteiger partial charge in [-0.3, -0.25) is 4.79 Å². The SMILES string of the molecule is COc1ccc(NC(=O)c2cccnc2Oc2cccc(Br)c2)cc1. The molecule has 6 heteroatoms. The second kappa shape index (κ2) is 7.81. The molecule has 1 aromatic heterocycles. The van der Waals surface area contributed by atoms with Crippen LogP contribution in [-0.2, 0) is 0 Å². The molecule has 3 aromatic rings. The zero-order chi connectivity index (χ0) is 17.6. The Morgan fingerprint density at radius 1 is 1.04 bits per heavy atom. The van der Waals surface area contributed by atoms with Gasteiger partial charge in [-0.2, -0.15) is 0 Å². The largest absolute Gasteiger partial charge is 0.497 e. The normalized spacial score (nSPS) is 10.2. The van der Waals surface area contributed by atoms with Gasteiger partial charge < -0.3 is 14.8 Å². The molecule has 2 aromatic carbocycles. The van der Waals surface area contributed by atoms with E-state index in [9.17, 15) is 4.79 Å². The zero-order valence-corrected chi connectivity index (χ0v) is 15.0. The van der Waals surface area contributed by atoms with E-state index in [0.717, 1.165) is 10.2 Å². The number of hydrogen-bond acceptors (Lipinski definition) is 4. The van der Waals surface area contributed by atoms with Crippen LogP contribution in [0.5, 0.6) is 17.4 Å². The van der Waals surface area contributed by atoms with Crippen molar-refractivity contribution >= 4 is 27.5 Å². The van der Waals surface area contributed by atoms with Crippen LogP contribution in [0.15, 0.2) is 71.3 Å². The molecule has 0 atom stereocenters. The monoisotopic (exact) mass is 398 g/mol. The van der Waals surface area contributed by atoms with E-state index in [1.807, 2.05) is 12.1 Å². The molecule has 0 radical (unpaired) electrons. The van der Waals surface area contributed by atoms with Crippen LogP contribution in [0.2, 0.25) is 0 Å². The lowest BCUT2D eigenvalue weighted by Crippen LogP contribution is -2.13. The summed E-state index contributed by atoms with van der Waals surface area (Å²) in [5.74, 6) is 1.25. The quantitative estimate of drug-likeness (QED) is 0.663. The summed E-state index contributed by atoms with van der Waals surface area (Å²) in [6, 6.07) is 17.8. The molecule has 0 saturated heterocycles. The number of carbonyl (C=O) groups excluding carboxylic acids is 1. The highest BCUT2D eigenvalue weighted by Gasteiger charge is 2.14. The summed E-state index contributed by atoms with van der Waals surface area (Å²) in [6.07, 6.45) is 1.58. The van der Waals surface area contributed by atoms with Crippen LogP contribution in [0, 0.1) is 0 Å². The molecule has 1 heterocycles. The van der Waals surface area contributed by atoms with E-state index in [0.29, 0.717) is 17.0 Å². The fourth-order valence-electron chi connectivity index (χ4n) is 2.16. The maximum atomic E-state index is 12.6. The van der Waals surface area contributed by atoms with Crippen LogP contribution < -0.4 is 14.8 Å². The number of anilines is 1. The number of ether oxygens (including phenoxy) is 2. The Bertz CT molecular complexity index is 882. The molecule has 0 aliphatic heterocycles. The summed E-state index contributed by atoms with van der Waals surface area (Å²) in [4.78, 5) is 16.8. The van der Waals surface area contributed by atoms with Gasteiger partial charge in [0.05, 0.1) is 7.11 Å². The summed E-state index contributed by atoms with van der Waals surface area (Å²) < 4.78 is 11.8. The van der Waals surface area contributed by atoms with Crippen molar-refractivity contribution < 1.29 is 14.3 Å².